The fourth-order valence-electron chi connectivity index (χ4n) is 3.07. The van der Waals surface area contributed by atoms with Gasteiger partial charge in [0.25, 0.3) is 5.56 Å². The van der Waals surface area contributed by atoms with E-state index in [9.17, 15) is 9.59 Å². The normalized spacial score (nSPS) is 16.2. The number of aryl methyl sites for hydroxylation is 1. The quantitative estimate of drug-likeness (QED) is 0.865. The molecule has 0 radical (unpaired) electrons. The molecule has 26 heavy (non-hydrogen) atoms. The second-order valence-electron chi connectivity index (χ2n) is 6.82. The summed E-state index contributed by atoms with van der Waals surface area (Å²) in [6, 6.07) is 8.87. The van der Waals surface area contributed by atoms with Crippen molar-refractivity contribution in [2.75, 3.05) is 45.1 Å². The first-order chi connectivity index (χ1) is 12.5. The van der Waals surface area contributed by atoms with Crippen molar-refractivity contribution in [3.8, 4) is 11.3 Å². The molecule has 2 aromatic rings. The Morgan fingerprint density at radius 1 is 1.19 bits per heavy atom. The van der Waals surface area contributed by atoms with E-state index in [2.05, 4.69) is 32.4 Å². The molecular weight excluding hydrogens is 330 g/mol. The predicted octanol–water partition coefficient (Wildman–Crippen LogP) is 1.32. The van der Waals surface area contributed by atoms with E-state index in [-0.39, 0.29) is 11.5 Å². The van der Waals surface area contributed by atoms with E-state index in [4.69, 9.17) is 0 Å². The van der Waals surface area contributed by atoms with Gasteiger partial charge in [0.15, 0.2) is 0 Å². The number of carbonyl (C=O) groups is 1. The highest BCUT2D eigenvalue weighted by atomic mass is 16.2. The molecule has 1 aromatic carbocycles. The highest BCUT2D eigenvalue weighted by Crippen LogP contribution is 2.23. The van der Waals surface area contributed by atoms with Gasteiger partial charge in [0, 0.05) is 30.4 Å². The molecular formula is C19H25N5O2. The fraction of sp³-hybridized carbons (Fsp3) is 0.421. The summed E-state index contributed by atoms with van der Waals surface area (Å²) in [5.41, 5.74) is 3.03. The summed E-state index contributed by atoms with van der Waals surface area (Å²) >= 11 is 0. The van der Waals surface area contributed by atoms with Crippen LogP contribution in [0.1, 0.15) is 12.0 Å². The zero-order valence-electron chi connectivity index (χ0n) is 15.3. The van der Waals surface area contributed by atoms with Crippen molar-refractivity contribution >= 4 is 11.6 Å². The van der Waals surface area contributed by atoms with Crippen molar-refractivity contribution in [3.63, 3.8) is 0 Å². The Kier molecular flexibility index (Phi) is 5.80. The van der Waals surface area contributed by atoms with E-state index in [1.807, 2.05) is 25.1 Å². The molecule has 1 aliphatic heterocycles. The van der Waals surface area contributed by atoms with Crippen molar-refractivity contribution in [2.24, 2.45) is 0 Å². The van der Waals surface area contributed by atoms with Gasteiger partial charge in [0.05, 0.1) is 12.2 Å². The maximum Gasteiger partial charge on any atom is 0.264 e. The average molecular weight is 355 g/mol. The molecule has 1 amide bonds. The van der Waals surface area contributed by atoms with Gasteiger partial charge in [-0.25, -0.2) is 5.10 Å². The largest absolute Gasteiger partial charge is 0.325 e. The number of benzene rings is 1. The van der Waals surface area contributed by atoms with E-state index in [0.29, 0.717) is 12.2 Å². The Labute approximate surface area is 153 Å². The number of likely N-dealkylation sites (N-methyl/N-ethyl adjacent to an activating group) is 1. The van der Waals surface area contributed by atoms with Gasteiger partial charge in [0.1, 0.15) is 0 Å². The third-order valence-electron chi connectivity index (χ3n) is 4.67. The van der Waals surface area contributed by atoms with Crippen LogP contribution in [0.5, 0.6) is 0 Å². The number of rotatable bonds is 4. The Morgan fingerprint density at radius 2 is 2.04 bits per heavy atom. The Balaban J connectivity index is 1.68. The molecule has 0 saturated carbocycles. The third-order valence-corrected chi connectivity index (χ3v) is 4.67. The van der Waals surface area contributed by atoms with E-state index in [1.54, 1.807) is 6.07 Å². The summed E-state index contributed by atoms with van der Waals surface area (Å²) in [4.78, 5) is 28.2. The molecule has 0 aliphatic carbocycles. The molecule has 138 valence electrons. The second kappa shape index (κ2) is 8.25. The minimum atomic E-state index is -0.238. The lowest BCUT2D eigenvalue weighted by atomic mass is 10.1. The van der Waals surface area contributed by atoms with Crippen molar-refractivity contribution < 1.29 is 4.79 Å². The number of nitrogens with zero attached hydrogens (tertiary/aromatic N) is 3. The van der Waals surface area contributed by atoms with Gasteiger partial charge in [-0.3, -0.25) is 14.5 Å². The summed E-state index contributed by atoms with van der Waals surface area (Å²) in [6.07, 6.45) is 1.08. The molecule has 0 atom stereocenters. The van der Waals surface area contributed by atoms with Crippen LogP contribution in [0.25, 0.3) is 11.3 Å². The molecule has 0 bridgehead atoms. The number of H-pyrrole nitrogens is 1. The lowest BCUT2D eigenvalue weighted by molar-refractivity contribution is -0.117. The maximum atomic E-state index is 12.5. The molecule has 1 fully saturated rings. The van der Waals surface area contributed by atoms with Gasteiger partial charge in [-0.15, -0.1) is 0 Å². The molecule has 0 spiro atoms. The zero-order chi connectivity index (χ0) is 18.5. The van der Waals surface area contributed by atoms with Crippen LogP contribution < -0.4 is 10.9 Å². The summed E-state index contributed by atoms with van der Waals surface area (Å²) < 4.78 is 0. The SMILES string of the molecule is Cc1ccc(-c2ccc(=O)[nH]n2)cc1NC(=O)CN1CCCN(C)CC1. The smallest absolute Gasteiger partial charge is 0.264 e. The molecule has 7 heteroatoms. The van der Waals surface area contributed by atoms with Crippen LogP contribution in [0.15, 0.2) is 35.1 Å². The Morgan fingerprint density at radius 3 is 2.81 bits per heavy atom. The van der Waals surface area contributed by atoms with Gasteiger partial charge >= 0.3 is 0 Å². The molecule has 0 unspecified atom stereocenters. The summed E-state index contributed by atoms with van der Waals surface area (Å²) in [5, 5.41) is 9.50. The van der Waals surface area contributed by atoms with Crippen LogP contribution in [0.2, 0.25) is 0 Å². The van der Waals surface area contributed by atoms with E-state index < -0.39 is 0 Å². The first-order valence-electron chi connectivity index (χ1n) is 8.89. The Bertz CT molecular complexity index is 812. The highest BCUT2D eigenvalue weighted by Gasteiger charge is 2.16. The first kappa shape index (κ1) is 18.3. The summed E-state index contributed by atoms with van der Waals surface area (Å²) in [5.74, 6) is -0.00997. The molecule has 3 rings (SSSR count). The average Bonchev–Trinajstić information content (AvgIpc) is 2.82. The zero-order valence-corrected chi connectivity index (χ0v) is 15.3. The second-order valence-corrected chi connectivity index (χ2v) is 6.82. The summed E-state index contributed by atoms with van der Waals surface area (Å²) in [6.45, 7) is 6.27. The third kappa shape index (κ3) is 4.77. The van der Waals surface area contributed by atoms with Crippen LogP contribution in [0, 0.1) is 6.92 Å². The van der Waals surface area contributed by atoms with Crippen LogP contribution in [0.4, 0.5) is 5.69 Å². The molecule has 1 saturated heterocycles. The number of hydrogen-bond donors (Lipinski definition) is 2. The fourth-order valence-corrected chi connectivity index (χ4v) is 3.07. The van der Waals surface area contributed by atoms with Crippen molar-refractivity contribution in [3.05, 3.63) is 46.2 Å². The standard InChI is InChI=1S/C19H25N5O2/c1-14-4-5-15(16-6-7-18(25)22-21-16)12-17(14)20-19(26)13-24-9-3-8-23(2)10-11-24/h4-7,12H,3,8-11,13H2,1-2H3,(H,20,26)(H,22,25). The maximum absolute atomic E-state index is 12.5. The molecule has 1 aliphatic rings. The van der Waals surface area contributed by atoms with Gasteiger partial charge in [0.2, 0.25) is 5.91 Å². The minimum Gasteiger partial charge on any atom is -0.325 e. The van der Waals surface area contributed by atoms with Gasteiger partial charge < -0.3 is 10.2 Å². The number of aromatic amines is 1. The predicted molar refractivity (Wildman–Crippen MR) is 102 cm³/mol. The van der Waals surface area contributed by atoms with Crippen molar-refractivity contribution in [2.45, 2.75) is 13.3 Å². The number of hydrogen-bond acceptors (Lipinski definition) is 5. The van der Waals surface area contributed by atoms with Crippen molar-refractivity contribution in [1.29, 1.82) is 0 Å². The highest BCUT2D eigenvalue weighted by molar-refractivity contribution is 5.93. The van der Waals surface area contributed by atoms with Crippen molar-refractivity contribution in [1.82, 2.24) is 20.0 Å². The lowest BCUT2D eigenvalue weighted by Crippen LogP contribution is -2.36. The number of nitrogens with one attached hydrogen (secondary N) is 2. The van der Waals surface area contributed by atoms with Crippen LogP contribution in [0.3, 0.4) is 0 Å². The van der Waals surface area contributed by atoms with Crippen LogP contribution in [-0.4, -0.2) is 65.7 Å². The summed E-state index contributed by atoms with van der Waals surface area (Å²) in [7, 11) is 2.11. The van der Waals surface area contributed by atoms with E-state index >= 15 is 0 Å². The topological polar surface area (TPSA) is 81.3 Å². The number of aromatic nitrogens is 2. The van der Waals surface area contributed by atoms with E-state index in [0.717, 1.165) is 49.4 Å². The van der Waals surface area contributed by atoms with Gasteiger partial charge in [-0.1, -0.05) is 12.1 Å². The lowest BCUT2D eigenvalue weighted by Gasteiger charge is -2.20. The number of carbonyl (C=O) groups excluding carboxylic acids is 1. The molecule has 2 N–H and O–H groups in total. The van der Waals surface area contributed by atoms with Crippen LogP contribution >= 0.6 is 0 Å². The van der Waals surface area contributed by atoms with E-state index in [1.165, 1.54) is 6.07 Å². The Hall–Kier alpha value is -2.51. The molecule has 2 heterocycles. The van der Waals surface area contributed by atoms with Gasteiger partial charge in [-0.2, -0.15) is 5.10 Å². The minimum absolute atomic E-state index is 0.00997. The molecule has 7 nitrogen and oxygen atoms in total. The first-order valence-corrected chi connectivity index (χ1v) is 8.89. The van der Waals surface area contributed by atoms with Gasteiger partial charge in [-0.05, 0) is 51.2 Å². The number of amides is 1. The number of anilines is 1. The molecule has 1 aromatic heterocycles. The monoisotopic (exact) mass is 355 g/mol. The van der Waals surface area contributed by atoms with Crippen LogP contribution in [-0.2, 0) is 4.79 Å².